The molecule has 0 heterocycles. The van der Waals surface area contributed by atoms with Crippen LogP contribution >= 0.6 is 0 Å². The molecular formula is C12H15FN4. The van der Waals surface area contributed by atoms with Crippen LogP contribution in [0.2, 0.25) is 0 Å². The Morgan fingerprint density at radius 1 is 1.59 bits per heavy atom. The molecule has 1 aromatic carbocycles. The smallest absolute Gasteiger partial charge is 0.188 e. The van der Waals surface area contributed by atoms with Crippen LogP contribution in [0.15, 0.2) is 23.2 Å². The van der Waals surface area contributed by atoms with Crippen molar-refractivity contribution in [2.75, 3.05) is 6.54 Å². The van der Waals surface area contributed by atoms with Crippen LogP contribution in [0.3, 0.4) is 0 Å². The lowest BCUT2D eigenvalue weighted by molar-refractivity contribution is 0.610. The van der Waals surface area contributed by atoms with E-state index in [4.69, 9.17) is 11.0 Å². The number of benzene rings is 1. The van der Waals surface area contributed by atoms with E-state index in [0.29, 0.717) is 11.1 Å². The molecule has 0 aliphatic carbocycles. The molecule has 0 saturated heterocycles. The third-order valence-electron chi connectivity index (χ3n) is 2.15. The van der Waals surface area contributed by atoms with Crippen LogP contribution in [0.4, 0.5) is 4.39 Å². The first-order chi connectivity index (χ1) is 8.17. The minimum Gasteiger partial charge on any atom is -0.370 e. The van der Waals surface area contributed by atoms with Crippen LogP contribution in [0, 0.1) is 17.1 Å². The van der Waals surface area contributed by atoms with Gasteiger partial charge in [0.1, 0.15) is 5.82 Å². The van der Waals surface area contributed by atoms with Crippen molar-refractivity contribution in [3.8, 4) is 6.07 Å². The molecule has 5 heteroatoms. The van der Waals surface area contributed by atoms with E-state index in [1.165, 1.54) is 18.2 Å². The zero-order valence-electron chi connectivity index (χ0n) is 9.70. The second-order valence-corrected chi connectivity index (χ2v) is 3.55. The maximum Gasteiger partial charge on any atom is 0.188 e. The van der Waals surface area contributed by atoms with Gasteiger partial charge in [-0.2, -0.15) is 5.26 Å². The highest BCUT2D eigenvalue weighted by Gasteiger charge is 2.03. The first-order valence-corrected chi connectivity index (χ1v) is 5.39. The van der Waals surface area contributed by atoms with Crippen LogP contribution in [-0.2, 0) is 6.54 Å². The van der Waals surface area contributed by atoms with E-state index in [0.717, 1.165) is 13.0 Å². The first-order valence-electron chi connectivity index (χ1n) is 5.39. The molecule has 1 aromatic rings. The first kappa shape index (κ1) is 13.0. The lowest BCUT2D eigenvalue weighted by atomic mass is 10.1. The molecule has 0 fully saturated rings. The summed E-state index contributed by atoms with van der Waals surface area (Å²) in [7, 11) is 0. The number of nitrogens with zero attached hydrogens (tertiary/aromatic N) is 2. The number of nitriles is 1. The van der Waals surface area contributed by atoms with Crippen LogP contribution in [-0.4, -0.2) is 12.5 Å². The molecule has 0 spiro atoms. The summed E-state index contributed by atoms with van der Waals surface area (Å²) in [5, 5.41) is 11.6. The SMILES string of the molecule is CCCNC(N)=NCc1cc(C#N)ccc1F. The Morgan fingerprint density at radius 2 is 2.35 bits per heavy atom. The number of hydrogen-bond donors (Lipinski definition) is 2. The van der Waals surface area contributed by atoms with Crippen molar-refractivity contribution in [1.82, 2.24) is 5.32 Å². The second-order valence-electron chi connectivity index (χ2n) is 3.55. The lowest BCUT2D eigenvalue weighted by Gasteiger charge is -2.04. The summed E-state index contributed by atoms with van der Waals surface area (Å²) in [5.74, 6) is -0.0929. The predicted octanol–water partition coefficient (Wildman–Crippen LogP) is 1.51. The molecule has 0 aromatic heterocycles. The fraction of sp³-hybridized carbons (Fsp3) is 0.333. The maximum atomic E-state index is 13.4. The molecule has 0 aliphatic rings. The Morgan fingerprint density at radius 3 is 3.00 bits per heavy atom. The predicted molar refractivity (Wildman–Crippen MR) is 64.7 cm³/mol. The molecule has 0 amide bonds. The van der Waals surface area contributed by atoms with Crippen molar-refractivity contribution in [2.24, 2.45) is 10.7 Å². The van der Waals surface area contributed by atoms with Crippen molar-refractivity contribution in [3.63, 3.8) is 0 Å². The Kier molecular flexibility index (Phi) is 4.95. The zero-order valence-corrected chi connectivity index (χ0v) is 9.70. The van der Waals surface area contributed by atoms with Gasteiger partial charge in [-0.15, -0.1) is 0 Å². The van der Waals surface area contributed by atoms with Gasteiger partial charge in [0, 0.05) is 12.1 Å². The average Bonchev–Trinajstić information content (AvgIpc) is 2.35. The number of hydrogen-bond acceptors (Lipinski definition) is 2. The number of guanidine groups is 1. The van der Waals surface area contributed by atoms with Gasteiger partial charge in [0.2, 0.25) is 0 Å². The molecule has 90 valence electrons. The third-order valence-corrected chi connectivity index (χ3v) is 2.15. The molecular weight excluding hydrogens is 219 g/mol. The van der Waals surface area contributed by atoms with Crippen LogP contribution in [0.1, 0.15) is 24.5 Å². The van der Waals surface area contributed by atoms with Crippen molar-refractivity contribution in [3.05, 3.63) is 35.1 Å². The zero-order chi connectivity index (χ0) is 12.7. The van der Waals surface area contributed by atoms with Crippen molar-refractivity contribution in [2.45, 2.75) is 19.9 Å². The van der Waals surface area contributed by atoms with Gasteiger partial charge in [-0.1, -0.05) is 6.92 Å². The summed E-state index contributed by atoms with van der Waals surface area (Å²) in [5.41, 5.74) is 6.36. The highest BCUT2D eigenvalue weighted by Crippen LogP contribution is 2.11. The number of halogens is 1. The fourth-order valence-electron chi connectivity index (χ4n) is 1.24. The number of nitrogens with one attached hydrogen (secondary N) is 1. The van der Waals surface area contributed by atoms with Crippen molar-refractivity contribution < 1.29 is 4.39 Å². The Balaban J connectivity index is 2.71. The highest BCUT2D eigenvalue weighted by molar-refractivity contribution is 5.77. The molecule has 0 unspecified atom stereocenters. The van der Waals surface area contributed by atoms with Gasteiger partial charge >= 0.3 is 0 Å². The minimum atomic E-state index is -0.379. The normalized spacial score (nSPS) is 11.0. The minimum absolute atomic E-state index is 0.129. The van der Waals surface area contributed by atoms with Crippen LogP contribution < -0.4 is 11.1 Å². The van der Waals surface area contributed by atoms with E-state index in [1.807, 2.05) is 13.0 Å². The average molecular weight is 234 g/mol. The van der Waals surface area contributed by atoms with Gasteiger partial charge in [0.05, 0.1) is 18.2 Å². The summed E-state index contributed by atoms with van der Waals surface area (Å²) < 4.78 is 13.4. The number of aliphatic imine (C=N–C) groups is 1. The Hall–Kier alpha value is -2.09. The van der Waals surface area contributed by atoms with Gasteiger partial charge in [0.15, 0.2) is 5.96 Å². The molecule has 17 heavy (non-hydrogen) atoms. The lowest BCUT2D eigenvalue weighted by Crippen LogP contribution is -2.32. The Labute approximate surface area is 100.0 Å². The number of rotatable bonds is 4. The molecule has 0 atom stereocenters. The topological polar surface area (TPSA) is 74.2 Å². The summed E-state index contributed by atoms with van der Waals surface area (Å²) in [6, 6.07) is 6.13. The standard InChI is InChI=1S/C12H15FN4/c1-2-5-16-12(15)17-8-10-6-9(7-14)3-4-11(10)13/h3-4,6H,2,5,8H2,1H3,(H3,15,16,17). The number of nitrogens with two attached hydrogens (primary N) is 1. The molecule has 4 nitrogen and oxygen atoms in total. The third kappa shape index (κ3) is 4.11. The monoisotopic (exact) mass is 234 g/mol. The molecule has 1 rings (SSSR count). The second kappa shape index (κ2) is 6.48. The molecule has 0 bridgehead atoms. The molecule has 0 aliphatic heterocycles. The van der Waals surface area contributed by atoms with Crippen LogP contribution in [0.5, 0.6) is 0 Å². The quantitative estimate of drug-likeness (QED) is 0.612. The molecule has 0 saturated carbocycles. The van der Waals surface area contributed by atoms with Gasteiger partial charge in [-0.25, -0.2) is 9.38 Å². The maximum absolute atomic E-state index is 13.4. The molecule has 0 radical (unpaired) electrons. The van der Waals surface area contributed by atoms with Gasteiger partial charge in [-0.3, -0.25) is 0 Å². The van der Waals surface area contributed by atoms with E-state index in [9.17, 15) is 4.39 Å². The summed E-state index contributed by atoms with van der Waals surface area (Å²) >= 11 is 0. The van der Waals surface area contributed by atoms with Crippen LogP contribution in [0.25, 0.3) is 0 Å². The van der Waals surface area contributed by atoms with Gasteiger partial charge < -0.3 is 11.1 Å². The summed E-state index contributed by atoms with van der Waals surface area (Å²) in [6.45, 7) is 2.87. The largest absolute Gasteiger partial charge is 0.370 e. The van der Waals surface area contributed by atoms with E-state index in [1.54, 1.807) is 0 Å². The fourth-order valence-corrected chi connectivity index (χ4v) is 1.24. The highest BCUT2D eigenvalue weighted by atomic mass is 19.1. The van der Waals surface area contributed by atoms with Crippen molar-refractivity contribution in [1.29, 1.82) is 5.26 Å². The summed E-state index contributed by atoms with van der Waals surface area (Å²) in [4.78, 5) is 4.00. The molecule has 3 N–H and O–H groups in total. The Bertz CT molecular complexity index is 448. The van der Waals surface area contributed by atoms with E-state index in [-0.39, 0.29) is 18.3 Å². The van der Waals surface area contributed by atoms with Gasteiger partial charge in [-0.05, 0) is 24.6 Å². The van der Waals surface area contributed by atoms with Gasteiger partial charge in [0.25, 0.3) is 0 Å². The van der Waals surface area contributed by atoms with E-state index in [2.05, 4.69) is 10.3 Å². The summed E-state index contributed by atoms with van der Waals surface area (Å²) in [6.07, 6.45) is 0.939. The van der Waals surface area contributed by atoms with E-state index >= 15 is 0 Å². The van der Waals surface area contributed by atoms with E-state index < -0.39 is 0 Å². The van der Waals surface area contributed by atoms with Crippen molar-refractivity contribution >= 4 is 5.96 Å².